The first kappa shape index (κ1) is 14.3. The molecule has 1 heterocycles. The Balaban J connectivity index is 1.88. The number of benzene rings is 2. The molecule has 1 amide bonds. The van der Waals surface area contributed by atoms with E-state index in [0.29, 0.717) is 17.6 Å². The molecule has 0 fully saturated rings. The molecule has 2 aromatic carbocycles. The van der Waals surface area contributed by atoms with Crippen LogP contribution >= 0.6 is 0 Å². The Hall–Kier alpha value is -2.69. The van der Waals surface area contributed by atoms with Crippen molar-refractivity contribution in [3.63, 3.8) is 0 Å². The highest BCUT2D eigenvalue weighted by Crippen LogP contribution is 2.16. The summed E-state index contributed by atoms with van der Waals surface area (Å²) < 4.78 is 0. The van der Waals surface area contributed by atoms with Gasteiger partial charge in [-0.1, -0.05) is 30.3 Å². The molecule has 5 heteroatoms. The zero-order chi connectivity index (χ0) is 15.5. The monoisotopic (exact) mass is 294 g/mol. The van der Waals surface area contributed by atoms with Gasteiger partial charge in [-0.05, 0) is 37.6 Å². The Labute approximate surface area is 129 Å². The van der Waals surface area contributed by atoms with Crippen molar-refractivity contribution >= 4 is 16.9 Å². The molecule has 3 rings (SSSR count). The number of aromatic amines is 1. The van der Waals surface area contributed by atoms with E-state index in [9.17, 15) is 4.79 Å². The van der Waals surface area contributed by atoms with Crippen LogP contribution in [0.15, 0.2) is 48.5 Å². The molecule has 1 N–H and O–H groups in total. The molecule has 1 aromatic heterocycles. The fraction of sp³-hybridized carbons (Fsp3) is 0.235. The van der Waals surface area contributed by atoms with Gasteiger partial charge in [0.1, 0.15) is 11.0 Å². The van der Waals surface area contributed by atoms with Crippen molar-refractivity contribution in [3.8, 4) is 0 Å². The SMILES string of the molecule is CC(C)N(Cc1ccccc1)C(=O)c1ccc2n[nH]nc2c1. The minimum absolute atomic E-state index is 0.00348. The van der Waals surface area contributed by atoms with Gasteiger partial charge in [-0.3, -0.25) is 4.79 Å². The summed E-state index contributed by atoms with van der Waals surface area (Å²) in [7, 11) is 0. The van der Waals surface area contributed by atoms with E-state index in [0.717, 1.165) is 11.1 Å². The summed E-state index contributed by atoms with van der Waals surface area (Å²) in [5.41, 5.74) is 3.21. The molecule has 0 unspecified atom stereocenters. The van der Waals surface area contributed by atoms with Crippen LogP contribution in [0.2, 0.25) is 0 Å². The Morgan fingerprint density at radius 2 is 1.82 bits per heavy atom. The van der Waals surface area contributed by atoms with Crippen LogP contribution in [-0.4, -0.2) is 32.3 Å². The summed E-state index contributed by atoms with van der Waals surface area (Å²) in [4.78, 5) is 14.7. The van der Waals surface area contributed by atoms with Crippen LogP contribution in [0.4, 0.5) is 0 Å². The molecule has 0 aliphatic rings. The molecule has 22 heavy (non-hydrogen) atoms. The van der Waals surface area contributed by atoms with Crippen LogP contribution in [0.5, 0.6) is 0 Å². The van der Waals surface area contributed by atoms with Crippen molar-refractivity contribution in [1.82, 2.24) is 20.3 Å². The minimum Gasteiger partial charge on any atom is -0.332 e. The molecular formula is C17H18N4O. The highest BCUT2D eigenvalue weighted by molar-refractivity contribution is 5.97. The van der Waals surface area contributed by atoms with Crippen molar-refractivity contribution in [3.05, 3.63) is 59.7 Å². The van der Waals surface area contributed by atoms with Gasteiger partial charge in [-0.25, -0.2) is 0 Å². The van der Waals surface area contributed by atoms with Gasteiger partial charge in [0.15, 0.2) is 0 Å². The summed E-state index contributed by atoms with van der Waals surface area (Å²) in [5, 5.41) is 10.6. The maximum Gasteiger partial charge on any atom is 0.254 e. The topological polar surface area (TPSA) is 61.9 Å². The number of rotatable bonds is 4. The number of nitrogens with zero attached hydrogens (tertiary/aromatic N) is 3. The minimum atomic E-state index is 0.00348. The van der Waals surface area contributed by atoms with Crippen molar-refractivity contribution in [2.75, 3.05) is 0 Å². The lowest BCUT2D eigenvalue weighted by Crippen LogP contribution is -2.36. The molecule has 5 nitrogen and oxygen atoms in total. The van der Waals surface area contributed by atoms with Gasteiger partial charge in [0.05, 0.1) is 0 Å². The largest absolute Gasteiger partial charge is 0.332 e. The molecule has 0 aliphatic heterocycles. The molecular weight excluding hydrogens is 276 g/mol. The average molecular weight is 294 g/mol. The number of carbonyl (C=O) groups excluding carboxylic acids is 1. The van der Waals surface area contributed by atoms with E-state index < -0.39 is 0 Å². The van der Waals surface area contributed by atoms with Crippen LogP contribution < -0.4 is 0 Å². The van der Waals surface area contributed by atoms with Gasteiger partial charge in [0.25, 0.3) is 5.91 Å². The quantitative estimate of drug-likeness (QED) is 0.804. The van der Waals surface area contributed by atoms with Crippen LogP contribution in [0, 0.1) is 0 Å². The van der Waals surface area contributed by atoms with Gasteiger partial charge in [-0.15, -0.1) is 0 Å². The molecule has 3 aromatic rings. The summed E-state index contributed by atoms with van der Waals surface area (Å²) in [5.74, 6) is 0.00348. The van der Waals surface area contributed by atoms with Crippen molar-refractivity contribution in [2.45, 2.75) is 26.4 Å². The predicted molar refractivity (Wildman–Crippen MR) is 85.3 cm³/mol. The van der Waals surface area contributed by atoms with Crippen molar-refractivity contribution in [2.24, 2.45) is 0 Å². The van der Waals surface area contributed by atoms with Gasteiger partial charge in [-0.2, -0.15) is 15.4 Å². The Morgan fingerprint density at radius 3 is 2.55 bits per heavy atom. The number of aromatic nitrogens is 3. The van der Waals surface area contributed by atoms with Crippen LogP contribution in [0.25, 0.3) is 11.0 Å². The molecule has 0 bridgehead atoms. The van der Waals surface area contributed by atoms with Crippen LogP contribution in [0.1, 0.15) is 29.8 Å². The molecule has 0 atom stereocenters. The van der Waals surface area contributed by atoms with Gasteiger partial charge >= 0.3 is 0 Å². The highest BCUT2D eigenvalue weighted by atomic mass is 16.2. The first-order valence-electron chi connectivity index (χ1n) is 7.30. The van der Waals surface area contributed by atoms with Crippen molar-refractivity contribution < 1.29 is 4.79 Å². The average Bonchev–Trinajstić information content (AvgIpc) is 3.00. The normalized spacial score (nSPS) is 11.0. The third-order valence-electron chi connectivity index (χ3n) is 3.64. The zero-order valence-corrected chi connectivity index (χ0v) is 12.7. The number of H-pyrrole nitrogens is 1. The maximum atomic E-state index is 12.8. The van der Waals surface area contributed by atoms with E-state index in [1.165, 1.54) is 0 Å². The van der Waals surface area contributed by atoms with Gasteiger partial charge < -0.3 is 4.90 Å². The van der Waals surface area contributed by atoms with Crippen LogP contribution in [-0.2, 0) is 6.54 Å². The molecule has 0 saturated carbocycles. The van der Waals surface area contributed by atoms with E-state index in [-0.39, 0.29) is 11.9 Å². The van der Waals surface area contributed by atoms with Crippen LogP contribution in [0.3, 0.4) is 0 Å². The standard InChI is InChI=1S/C17H18N4O/c1-12(2)21(11-13-6-4-3-5-7-13)17(22)14-8-9-15-16(10-14)19-20-18-15/h3-10,12H,11H2,1-2H3,(H,18,19,20). The Morgan fingerprint density at radius 1 is 1.09 bits per heavy atom. The zero-order valence-electron chi connectivity index (χ0n) is 12.7. The summed E-state index contributed by atoms with van der Waals surface area (Å²) >= 11 is 0. The lowest BCUT2D eigenvalue weighted by atomic mass is 10.1. The predicted octanol–water partition coefficient (Wildman–Crippen LogP) is 3.01. The highest BCUT2D eigenvalue weighted by Gasteiger charge is 2.19. The first-order chi connectivity index (χ1) is 10.6. The van der Waals surface area contributed by atoms with Gasteiger partial charge in [0, 0.05) is 18.2 Å². The Kier molecular flexibility index (Phi) is 3.87. The molecule has 112 valence electrons. The molecule has 0 aliphatic carbocycles. The number of nitrogens with one attached hydrogen (secondary N) is 1. The molecule has 0 saturated heterocycles. The summed E-state index contributed by atoms with van der Waals surface area (Å²) in [6.07, 6.45) is 0. The summed E-state index contributed by atoms with van der Waals surface area (Å²) in [6.45, 7) is 4.64. The lowest BCUT2D eigenvalue weighted by Gasteiger charge is -2.27. The number of carbonyl (C=O) groups is 1. The van der Waals surface area contributed by atoms with E-state index in [1.807, 2.05) is 55.1 Å². The smallest absolute Gasteiger partial charge is 0.254 e. The fourth-order valence-corrected chi connectivity index (χ4v) is 2.41. The van der Waals surface area contributed by atoms with E-state index in [4.69, 9.17) is 0 Å². The number of fused-ring (bicyclic) bond motifs is 1. The van der Waals surface area contributed by atoms with E-state index in [2.05, 4.69) is 15.4 Å². The third-order valence-corrected chi connectivity index (χ3v) is 3.64. The Bertz CT molecular complexity index is 779. The first-order valence-corrected chi connectivity index (χ1v) is 7.30. The second-order valence-corrected chi connectivity index (χ2v) is 5.54. The van der Waals surface area contributed by atoms with E-state index in [1.54, 1.807) is 12.1 Å². The molecule has 0 spiro atoms. The summed E-state index contributed by atoms with van der Waals surface area (Å²) in [6, 6.07) is 15.5. The second kappa shape index (κ2) is 5.97. The maximum absolute atomic E-state index is 12.8. The van der Waals surface area contributed by atoms with E-state index >= 15 is 0 Å². The lowest BCUT2D eigenvalue weighted by molar-refractivity contribution is 0.0690. The second-order valence-electron chi connectivity index (χ2n) is 5.54. The fourth-order valence-electron chi connectivity index (χ4n) is 2.41. The number of hydrogen-bond donors (Lipinski definition) is 1. The van der Waals surface area contributed by atoms with Gasteiger partial charge in [0.2, 0.25) is 0 Å². The number of hydrogen-bond acceptors (Lipinski definition) is 3. The third kappa shape index (κ3) is 2.83. The van der Waals surface area contributed by atoms with Crippen molar-refractivity contribution in [1.29, 1.82) is 0 Å². The number of amides is 1. The molecule has 0 radical (unpaired) electrons.